The molecule has 0 unspecified atom stereocenters. The molecule has 2 heterocycles. The largest absolute Gasteiger partial charge is 0.448 e. The van der Waals surface area contributed by atoms with Crippen molar-refractivity contribution in [3.63, 3.8) is 0 Å². The first-order valence-electron chi connectivity index (χ1n) is 7.67. The predicted molar refractivity (Wildman–Crippen MR) is 85.6 cm³/mol. The first kappa shape index (κ1) is 15.1. The summed E-state index contributed by atoms with van der Waals surface area (Å²) < 4.78 is 6.81. The van der Waals surface area contributed by atoms with Crippen LogP contribution in [0, 0.1) is 0 Å². The number of ether oxygens (including phenoxy) is 1. The minimum atomic E-state index is -0.268. The number of benzene rings is 1. The van der Waals surface area contributed by atoms with Crippen LogP contribution in [-0.2, 0) is 4.74 Å². The molecule has 23 heavy (non-hydrogen) atoms. The second kappa shape index (κ2) is 7.00. The normalized spacial score (nSPS) is 13.9. The Morgan fingerprint density at radius 2 is 2.04 bits per heavy atom. The zero-order valence-electron chi connectivity index (χ0n) is 12.8. The molecule has 1 aliphatic rings. The molecule has 0 spiro atoms. The minimum absolute atomic E-state index is 0.108. The Bertz CT molecular complexity index is 682. The van der Waals surface area contributed by atoms with Crippen molar-refractivity contribution in [1.29, 1.82) is 0 Å². The number of carbonyl (C=O) groups excluding carboxylic acids is 2. The Morgan fingerprint density at radius 3 is 2.78 bits per heavy atom. The van der Waals surface area contributed by atoms with Crippen molar-refractivity contribution in [3.8, 4) is 5.69 Å². The molecule has 3 rings (SSSR count). The molecule has 1 aromatic carbocycles. The molecule has 1 aromatic heterocycles. The lowest BCUT2D eigenvalue weighted by atomic mass is 10.2. The number of carbonyl (C=O) groups is 2. The molecule has 120 valence electrons. The van der Waals surface area contributed by atoms with E-state index < -0.39 is 0 Å². The number of amides is 2. The Kier molecular flexibility index (Phi) is 4.61. The highest BCUT2D eigenvalue weighted by atomic mass is 16.6. The molecule has 6 heteroatoms. The van der Waals surface area contributed by atoms with Gasteiger partial charge < -0.3 is 19.5 Å². The van der Waals surface area contributed by atoms with Crippen molar-refractivity contribution in [1.82, 2.24) is 14.8 Å². The van der Waals surface area contributed by atoms with Gasteiger partial charge in [-0.1, -0.05) is 6.07 Å². The maximum absolute atomic E-state index is 12.2. The van der Waals surface area contributed by atoms with Gasteiger partial charge in [0.25, 0.3) is 5.91 Å². The van der Waals surface area contributed by atoms with Crippen molar-refractivity contribution in [2.75, 3.05) is 26.2 Å². The maximum atomic E-state index is 12.2. The van der Waals surface area contributed by atoms with Crippen molar-refractivity contribution in [2.45, 2.75) is 6.42 Å². The molecular weight excluding hydrogens is 294 g/mol. The summed E-state index contributed by atoms with van der Waals surface area (Å²) in [7, 11) is 0. The molecule has 1 saturated heterocycles. The lowest BCUT2D eigenvalue weighted by Crippen LogP contribution is -2.30. The fourth-order valence-corrected chi connectivity index (χ4v) is 2.52. The first-order chi connectivity index (χ1) is 11.2. The van der Waals surface area contributed by atoms with Crippen molar-refractivity contribution >= 4 is 12.0 Å². The van der Waals surface area contributed by atoms with Gasteiger partial charge in [-0.05, 0) is 36.8 Å². The molecule has 1 N–H and O–H groups in total. The van der Waals surface area contributed by atoms with E-state index in [4.69, 9.17) is 4.74 Å². The molecule has 0 saturated carbocycles. The standard InChI is InChI=1S/C17H19N3O3/c21-16(18-7-4-10-20-11-12-23-17(20)22)14-5-3-6-15(13-14)19-8-1-2-9-19/h1-3,5-6,8-9,13H,4,7,10-12H2,(H,18,21). The Morgan fingerprint density at radius 1 is 1.22 bits per heavy atom. The molecular formula is C17H19N3O3. The average molecular weight is 313 g/mol. The van der Waals surface area contributed by atoms with Crippen LogP contribution in [0.4, 0.5) is 4.79 Å². The lowest BCUT2D eigenvalue weighted by Gasteiger charge is -2.12. The monoisotopic (exact) mass is 313 g/mol. The molecule has 1 aliphatic heterocycles. The number of nitrogens with zero attached hydrogens (tertiary/aromatic N) is 2. The second-order valence-electron chi connectivity index (χ2n) is 5.35. The third-order valence-corrected chi connectivity index (χ3v) is 3.75. The summed E-state index contributed by atoms with van der Waals surface area (Å²) in [5.41, 5.74) is 1.57. The number of nitrogens with one attached hydrogen (secondary N) is 1. The zero-order chi connectivity index (χ0) is 16.1. The van der Waals surface area contributed by atoms with Gasteiger partial charge in [0.15, 0.2) is 0 Å². The van der Waals surface area contributed by atoms with Gasteiger partial charge >= 0.3 is 6.09 Å². The van der Waals surface area contributed by atoms with Crippen molar-refractivity contribution in [3.05, 3.63) is 54.4 Å². The van der Waals surface area contributed by atoms with Gasteiger partial charge in [0.05, 0.1) is 6.54 Å². The van der Waals surface area contributed by atoms with Crippen molar-refractivity contribution < 1.29 is 14.3 Å². The molecule has 0 radical (unpaired) electrons. The number of hydrogen-bond donors (Lipinski definition) is 1. The first-order valence-corrected chi connectivity index (χ1v) is 7.67. The Labute approximate surface area is 134 Å². The number of cyclic esters (lactones) is 1. The van der Waals surface area contributed by atoms with E-state index in [0.29, 0.717) is 38.2 Å². The van der Waals surface area contributed by atoms with Crippen LogP contribution in [0.2, 0.25) is 0 Å². The summed E-state index contributed by atoms with van der Waals surface area (Å²) in [6, 6.07) is 11.3. The lowest BCUT2D eigenvalue weighted by molar-refractivity contribution is 0.0952. The molecule has 1 fully saturated rings. The van der Waals surface area contributed by atoms with Crippen LogP contribution in [0.5, 0.6) is 0 Å². The molecule has 6 nitrogen and oxygen atoms in total. The average Bonchev–Trinajstić information content (AvgIpc) is 3.23. The van der Waals surface area contributed by atoms with Crippen LogP contribution in [0.15, 0.2) is 48.8 Å². The third kappa shape index (κ3) is 3.71. The highest BCUT2D eigenvalue weighted by Crippen LogP contribution is 2.11. The minimum Gasteiger partial charge on any atom is -0.448 e. The van der Waals surface area contributed by atoms with Crippen LogP contribution in [-0.4, -0.2) is 47.7 Å². The van der Waals surface area contributed by atoms with Gasteiger partial charge in [0, 0.05) is 36.7 Å². The molecule has 2 amide bonds. The van der Waals surface area contributed by atoms with Crippen LogP contribution >= 0.6 is 0 Å². The van der Waals surface area contributed by atoms with E-state index in [1.165, 1.54) is 0 Å². The third-order valence-electron chi connectivity index (χ3n) is 3.75. The molecule has 0 bridgehead atoms. The second-order valence-corrected chi connectivity index (χ2v) is 5.35. The summed E-state index contributed by atoms with van der Waals surface area (Å²) >= 11 is 0. The van der Waals surface area contributed by atoms with E-state index in [9.17, 15) is 9.59 Å². The van der Waals surface area contributed by atoms with E-state index in [0.717, 1.165) is 5.69 Å². The quantitative estimate of drug-likeness (QED) is 0.830. The SMILES string of the molecule is O=C(NCCCN1CCOC1=O)c1cccc(-n2cccc2)c1. The summed E-state index contributed by atoms with van der Waals surface area (Å²) in [5.74, 6) is -0.108. The van der Waals surface area contributed by atoms with Gasteiger partial charge in [0.2, 0.25) is 0 Å². The van der Waals surface area contributed by atoms with Crippen LogP contribution < -0.4 is 5.32 Å². The molecule has 0 aliphatic carbocycles. The number of aromatic nitrogens is 1. The highest BCUT2D eigenvalue weighted by molar-refractivity contribution is 5.94. The highest BCUT2D eigenvalue weighted by Gasteiger charge is 2.20. The summed E-state index contributed by atoms with van der Waals surface area (Å²) in [6.45, 7) is 2.21. The van der Waals surface area contributed by atoms with Gasteiger partial charge in [-0.3, -0.25) is 4.79 Å². The molecule has 0 atom stereocenters. The van der Waals surface area contributed by atoms with E-state index >= 15 is 0 Å². The fourth-order valence-electron chi connectivity index (χ4n) is 2.52. The van der Waals surface area contributed by atoms with E-state index in [2.05, 4.69) is 5.32 Å². The van der Waals surface area contributed by atoms with Gasteiger partial charge in [-0.2, -0.15) is 0 Å². The van der Waals surface area contributed by atoms with E-state index in [1.807, 2.05) is 47.3 Å². The smallest absolute Gasteiger partial charge is 0.409 e. The van der Waals surface area contributed by atoms with Crippen LogP contribution in [0.1, 0.15) is 16.8 Å². The summed E-state index contributed by atoms with van der Waals surface area (Å²) in [5, 5.41) is 2.88. The number of rotatable bonds is 6. The molecule has 2 aromatic rings. The van der Waals surface area contributed by atoms with Gasteiger partial charge in [-0.25, -0.2) is 4.79 Å². The Balaban J connectivity index is 1.50. The van der Waals surface area contributed by atoms with Crippen molar-refractivity contribution in [2.24, 2.45) is 0 Å². The predicted octanol–water partition coefficient (Wildman–Crippen LogP) is 2.05. The van der Waals surface area contributed by atoms with E-state index in [1.54, 1.807) is 11.0 Å². The van der Waals surface area contributed by atoms with Gasteiger partial charge in [0.1, 0.15) is 6.61 Å². The van der Waals surface area contributed by atoms with Crippen LogP contribution in [0.3, 0.4) is 0 Å². The summed E-state index contributed by atoms with van der Waals surface area (Å²) in [6.07, 6.45) is 4.31. The van der Waals surface area contributed by atoms with Gasteiger partial charge in [-0.15, -0.1) is 0 Å². The summed E-state index contributed by atoms with van der Waals surface area (Å²) in [4.78, 5) is 25.1. The van der Waals surface area contributed by atoms with E-state index in [-0.39, 0.29) is 12.0 Å². The topological polar surface area (TPSA) is 63.6 Å². The zero-order valence-corrected chi connectivity index (χ0v) is 12.8. The van der Waals surface area contributed by atoms with Crippen LogP contribution in [0.25, 0.3) is 5.69 Å². The maximum Gasteiger partial charge on any atom is 0.409 e. The fraction of sp³-hybridized carbons (Fsp3) is 0.294. The number of hydrogen-bond acceptors (Lipinski definition) is 3. The Hall–Kier alpha value is -2.76.